The average Bonchev–Trinajstić information content (AvgIpc) is 2.46. The predicted octanol–water partition coefficient (Wildman–Crippen LogP) is 3.67. The molecule has 0 bridgehead atoms. The first-order valence-electron chi connectivity index (χ1n) is 7.01. The Hall–Kier alpha value is -2.16. The van der Waals surface area contributed by atoms with Crippen LogP contribution in [-0.4, -0.2) is 13.7 Å². The van der Waals surface area contributed by atoms with E-state index in [9.17, 15) is 0 Å². The molecule has 3 nitrogen and oxygen atoms in total. The van der Waals surface area contributed by atoms with Crippen molar-refractivity contribution in [1.82, 2.24) is 0 Å². The van der Waals surface area contributed by atoms with Gasteiger partial charge in [-0.2, -0.15) is 0 Å². The number of rotatable bonds is 2. The number of nitrogens with two attached hydrogens (primary N) is 1. The number of fused-ring (bicyclic) bond motifs is 1. The molecule has 0 saturated heterocycles. The zero-order valence-electron chi connectivity index (χ0n) is 12.0. The summed E-state index contributed by atoms with van der Waals surface area (Å²) in [6.07, 6.45) is 2.17. The van der Waals surface area contributed by atoms with E-state index in [-0.39, 0.29) is 0 Å². The van der Waals surface area contributed by atoms with Gasteiger partial charge in [-0.3, -0.25) is 0 Å². The Labute approximate surface area is 120 Å². The lowest BCUT2D eigenvalue weighted by molar-refractivity contribution is 0.288. The highest BCUT2D eigenvalue weighted by atomic mass is 16.5. The lowest BCUT2D eigenvalue weighted by Gasteiger charge is -2.25. The molecule has 2 aromatic rings. The number of para-hydroxylation sites is 1. The summed E-state index contributed by atoms with van der Waals surface area (Å²) in [5, 5.41) is 0. The third-order valence-electron chi connectivity index (χ3n) is 3.88. The average molecular weight is 268 g/mol. The van der Waals surface area contributed by atoms with Crippen LogP contribution in [-0.2, 0) is 6.42 Å². The fourth-order valence-corrected chi connectivity index (χ4v) is 2.82. The molecule has 2 N–H and O–H groups in total. The van der Waals surface area contributed by atoms with Gasteiger partial charge in [0.1, 0.15) is 5.75 Å². The molecule has 0 aromatic heterocycles. The molecule has 104 valence electrons. The van der Waals surface area contributed by atoms with Crippen LogP contribution in [0, 0.1) is 6.92 Å². The minimum absolute atomic E-state index is 0.807. The van der Waals surface area contributed by atoms with Crippen LogP contribution in [0.4, 0.5) is 17.1 Å². The molecule has 1 aliphatic heterocycles. The van der Waals surface area contributed by atoms with Crippen molar-refractivity contribution in [3.8, 4) is 5.75 Å². The van der Waals surface area contributed by atoms with Gasteiger partial charge in [-0.15, -0.1) is 0 Å². The van der Waals surface area contributed by atoms with Crippen molar-refractivity contribution in [2.75, 3.05) is 24.3 Å². The second kappa shape index (κ2) is 5.08. The van der Waals surface area contributed by atoms with Crippen LogP contribution in [0.15, 0.2) is 36.4 Å². The van der Waals surface area contributed by atoms with Gasteiger partial charge in [0.15, 0.2) is 0 Å². The van der Waals surface area contributed by atoms with E-state index >= 15 is 0 Å². The molecule has 2 aromatic carbocycles. The summed E-state index contributed by atoms with van der Waals surface area (Å²) in [6, 6.07) is 12.4. The van der Waals surface area contributed by atoms with E-state index in [1.807, 2.05) is 12.1 Å². The number of nitrogen functional groups attached to an aromatic ring is 1. The second-order valence-corrected chi connectivity index (χ2v) is 5.32. The molecule has 3 heteroatoms. The summed E-state index contributed by atoms with van der Waals surface area (Å²) in [4.78, 5) is 2.15. The Kier molecular flexibility index (Phi) is 3.26. The summed E-state index contributed by atoms with van der Waals surface area (Å²) in [7, 11) is 2.06. The van der Waals surface area contributed by atoms with Crippen LogP contribution >= 0.6 is 0 Å². The van der Waals surface area contributed by atoms with Crippen LogP contribution in [0.3, 0.4) is 0 Å². The summed E-state index contributed by atoms with van der Waals surface area (Å²) in [5.41, 5.74) is 11.6. The second-order valence-electron chi connectivity index (χ2n) is 5.32. The van der Waals surface area contributed by atoms with Crippen molar-refractivity contribution < 1.29 is 4.74 Å². The Balaban J connectivity index is 2.00. The van der Waals surface area contributed by atoms with Gasteiger partial charge in [-0.1, -0.05) is 12.1 Å². The lowest BCUT2D eigenvalue weighted by atomic mass is 10.0. The van der Waals surface area contributed by atoms with Crippen molar-refractivity contribution in [3.63, 3.8) is 0 Å². The number of hydrogen-bond acceptors (Lipinski definition) is 3. The largest absolute Gasteiger partial charge is 0.493 e. The van der Waals surface area contributed by atoms with Gasteiger partial charge in [0.25, 0.3) is 0 Å². The van der Waals surface area contributed by atoms with Crippen molar-refractivity contribution in [2.45, 2.75) is 19.8 Å². The van der Waals surface area contributed by atoms with Crippen LogP contribution in [0.1, 0.15) is 17.5 Å². The number of aryl methyl sites for hydroxylation is 2. The minimum atomic E-state index is 0.807. The molecule has 1 aliphatic rings. The number of ether oxygens (including phenoxy) is 1. The van der Waals surface area contributed by atoms with E-state index in [1.165, 1.54) is 11.1 Å². The van der Waals surface area contributed by atoms with Crippen LogP contribution in [0.2, 0.25) is 0 Å². The highest BCUT2D eigenvalue weighted by molar-refractivity contribution is 5.77. The van der Waals surface area contributed by atoms with E-state index in [4.69, 9.17) is 10.5 Å². The molecule has 0 saturated carbocycles. The van der Waals surface area contributed by atoms with E-state index in [0.717, 1.165) is 42.3 Å². The minimum Gasteiger partial charge on any atom is -0.493 e. The maximum Gasteiger partial charge on any atom is 0.122 e. The third kappa shape index (κ3) is 2.20. The van der Waals surface area contributed by atoms with E-state index in [2.05, 4.69) is 43.1 Å². The molecule has 0 aliphatic carbocycles. The fraction of sp³-hybridized carbons (Fsp3) is 0.294. The highest BCUT2D eigenvalue weighted by Crippen LogP contribution is 2.35. The van der Waals surface area contributed by atoms with Crippen LogP contribution in [0.5, 0.6) is 5.75 Å². The molecule has 0 unspecified atom stereocenters. The predicted molar refractivity (Wildman–Crippen MR) is 83.9 cm³/mol. The molecule has 3 rings (SSSR count). The molecular formula is C17H20N2O. The number of benzene rings is 2. The zero-order valence-corrected chi connectivity index (χ0v) is 12.0. The van der Waals surface area contributed by atoms with Gasteiger partial charge in [0.05, 0.1) is 18.0 Å². The van der Waals surface area contributed by atoms with Crippen LogP contribution < -0.4 is 15.4 Å². The Morgan fingerprint density at radius 3 is 2.85 bits per heavy atom. The fourth-order valence-electron chi connectivity index (χ4n) is 2.82. The first-order chi connectivity index (χ1) is 9.66. The van der Waals surface area contributed by atoms with Gasteiger partial charge in [0, 0.05) is 12.7 Å². The number of anilines is 3. The summed E-state index contributed by atoms with van der Waals surface area (Å²) >= 11 is 0. The van der Waals surface area contributed by atoms with Crippen molar-refractivity contribution >= 4 is 17.1 Å². The molecule has 0 atom stereocenters. The van der Waals surface area contributed by atoms with Gasteiger partial charge < -0.3 is 15.4 Å². The van der Waals surface area contributed by atoms with E-state index < -0.39 is 0 Å². The SMILES string of the molecule is Cc1cccc(N)c1N(C)c1ccc2c(c1)CCCO2. The van der Waals surface area contributed by atoms with Crippen LogP contribution in [0.25, 0.3) is 0 Å². The standard InChI is InChI=1S/C17H20N2O/c1-12-5-3-7-15(18)17(12)19(2)14-8-9-16-13(11-14)6-4-10-20-16/h3,5,7-9,11H,4,6,10,18H2,1-2H3. The summed E-state index contributed by atoms with van der Waals surface area (Å²) < 4.78 is 5.67. The Morgan fingerprint density at radius 1 is 1.20 bits per heavy atom. The highest BCUT2D eigenvalue weighted by Gasteiger charge is 2.15. The topological polar surface area (TPSA) is 38.5 Å². The smallest absolute Gasteiger partial charge is 0.122 e. The quantitative estimate of drug-likeness (QED) is 0.845. The third-order valence-corrected chi connectivity index (χ3v) is 3.88. The zero-order chi connectivity index (χ0) is 14.1. The summed E-state index contributed by atoms with van der Waals surface area (Å²) in [5.74, 6) is 1.02. The normalized spacial score (nSPS) is 13.5. The maximum absolute atomic E-state index is 6.13. The molecule has 0 spiro atoms. The maximum atomic E-state index is 6.13. The Morgan fingerprint density at radius 2 is 2.05 bits per heavy atom. The van der Waals surface area contributed by atoms with Crippen molar-refractivity contribution in [1.29, 1.82) is 0 Å². The Bertz CT molecular complexity index is 617. The van der Waals surface area contributed by atoms with Gasteiger partial charge in [0.2, 0.25) is 0 Å². The molecule has 0 radical (unpaired) electrons. The van der Waals surface area contributed by atoms with Crippen molar-refractivity contribution in [2.24, 2.45) is 0 Å². The molecule has 0 fully saturated rings. The van der Waals surface area contributed by atoms with Crippen molar-refractivity contribution in [3.05, 3.63) is 47.5 Å². The van der Waals surface area contributed by atoms with E-state index in [0.29, 0.717) is 0 Å². The molecular weight excluding hydrogens is 248 g/mol. The number of nitrogens with zero attached hydrogens (tertiary/aromatic N) is 1. The van der Waals surface area contributed by atoms with Gasteiger partial charge >= 0.3 is 0 Å². The molecule has 20 heavy (non-hydrogen) atoms. The monoisotopic (exact) mass is 268 g/mol. The number of hydrogen-bond donors (Lipinski definition) is 1. The van der Waals surface area contributed by atoms with E-state index in [1.54, 1.807) is 0 Å². The van der Waals surface area contributed by atoms with Gasteiger partial charge in [-0.25, -0.2) is 0 Å². The molecule has 0 amide bonds. The summed E-state index contributed by atoms with van der Waals surface area (Å²) in [6.45, 7) is 2.91. The first kappa shape index (κ1) is 12.9. The lowest BCUT2D eigenvalue weighted by Crippen LogP contribution is -2.15. The van der Waals surface area contributed by atoms with Gasteiger partial charge in [-0.05, 0) is 55.2 Å². The first-order valence-corrected chi connectivity index (χ1v) is 7.01. The molecule has 1 heterocycles.